The first kappa shape index (κ1) is 12.6. The van der Waals surface area contributed by atoms with Crippen LogP contribution < -0.4 is 4.74 Å². The number of aromatic nitrogens is 2. The quantitative estimate of drug-likeness (QED) is 0.632. The van der Waals surface area contributed by atoms with Crippen molar-refractivity contribution in [2.45, 2.75) is 0 Å². The molecule has 0 aliphatic rings. The number of rotatable bonds is 2. The number of nitrogens with zero attached hydrogens (tertiary/aromatic N) is 2. The van der Waals surface area contributed by atoms with E-state index in [0.29, 0.717) is 11.6 Å². The number of halogens is 2. The van der Waals surface area contributed by atoms with E-state index in [2.05, 4.69) is 41.8 Å². The average molecular weight is 380 g/mol. The molecular weight excluding hydrogens is 372 g/mol. The third kappa shape index (κ3) is 2.77. The van der Waals surface area contributed by atoms with Gasteiger partial charge in [0.1, 0.15) is 5.75 Å². The first-order valence-electron chi connectivity index (χ1n) is 5.56. The highest BCUT2D eigenvalue weighted by Gasteiger charge is 2.06. The lowest BCUT2D eigenvalue weighted by molar-refractivity contribution is 0.458. The van der Waals surface area contributed by atoms with Crippen LogP contribution in [0.25, 0.3) is 10.9 Å². The van der Waals surface area contributed by atoms with Crippen LogP contribution in [0.5, 0.6) is 11.6 Å². The van der Waals surface area contributed by atoms with Gasteiger partial charge >= 0.3 is 0 Å². The molecule has 1 aromatic carbocycles. The lowest BCUT2D eigenvalue weighted by atomic mass is 10.2. The van der Waals surface area contributed by atoms with Crippen LogP contribution in [-0.2, 0) is 0 Å². The summed E-state index contributed by atoms with van der Waals surface area (Å²) in [6.07, 6.45) is 3.38. The maximum atomic E-state index is 5.73. The van der Waals surface area contributed by atoms with Crippen molar-refractivity contribution in [1.29, 1.82) is 0 Å². The summed E-state index contributed by atoms with van der Waals surface area (Å²) in [6, 6.07) is 11.7. The van der Waals surface area contributed by atoms with Crippen molar-refractivity contribution in [3.8, 4) is 11.6 Å². The molecule has 0 aliphatic heterocycles. The minimum atomic E-state index is 0.514. The predicted octanol–water partition coefficient (Wildman–Crippen LogP) is 4.95. The van der Waals surface area contributed by atoms with Crippen LogP contribution in [0.3, 0.4) is 0 Å². The largest absolute Gasteiger partial charge is 0.436 e. The van der Waals surface area contributed by atoms with Gasteiger partial charge in [-0.15, -0.1) is 0 Å². The smallest absolute Gasteiger partial charge is 0.233 e. The lowest BCUT2D eigenvalue weighted by Gasteiger charge is -2.07. The Balaban J connectivity index is 1.96. The summed E-state index contributed by atoms with van der Waals surface area (Å²) in [7, 11) is 0. The van der Waals surface area contributed by atoms with E-state index < -0.39 is 0 Å². The maximum Gasteiger partial charge on any atom is 0.233 e. The molecule has 0 spiro atoms. The van der Waals surface area contributed by atoms with Crippen LogP contribution in [0.4, 0.5) is 0 Å². The van der Waals surface area contributed by atoms with Gasteiger partial charge in [-0.05, 0) is 50.1 Å². The Morgan fingerprint density at radius 3 is 2.63 bits per heavy atom. The zero-order chi connectivity index (χ0) is 13.2. The molecule has 94 valence electrons. The van der Waals surface area contributed by atoms with Crippen molar-refractivity contribution in [2.24, 2.45) is 0 Å². The van der Waals surface area contributed by atoms with Gasteiger partial charge in [-0.25, -0.2) is 4.98 Å². The van der Waals surface area contributed by atoms with E-state index in [1.54, 1.807) is 12.4 Å². The fraction of sp³-hybridized carbons (Fsp3) is 0. The summed E-state index contributed by atoms with van der Waals surface area (Å²) in [5.41, 5.74) is 0.942. The molecule has 0 atom stereocenters. The average Bonchev–Trinajstić information content (AvgIpc) is 2.42. The van der Waals surface area contributed by atoms with E-state index in [1.165, 1.54) is 0 Å². The van der Waals surface area contributed by atoms with Crippen molar-refractivity contribution in [3.63, 3.8) is 0 Å². The van der Waals surface area contributed by atoms with E-state index in [9.17, 15) is 0 Å². The summed E-state index contributed by atoms with van der Waals surface area (Å²) in [6.45, 7) is 0. The number of pyridine rings is 2. The molecule has 2 heterocycles. The Morgan fingerprint density at radius 1 is 0.947 bits per heavy atom. The number of benzene rings is 1. The number of hydrogen-bond acceptors (Lipinski definition) is 3. The van der Waals surface area contributed by atoms with Crippen LogP contribution >= 0.6 is 31.9 Å². The minimum Gasteiger partial charge on any atom is -0.436 e. The molecule has 2 aromatic heterocycles. The lowest BCUT2D eigenvalue weighted by Crippen LogP contribution is -1.90. The normalized spacial score (nSPS) is 10.6. The van der Waals surface area contributed by atoms with Gasteiger partial charge in [-0.1, -0.05) is 18.2 Å². The number of para-hydroxylation sites is 1. The summed E-state index contributed by atoms with van der Waals surface area (Å²) < 4.78 is 7.41. The first-order chi connectivity index (χ1) is 9.22. The van der Waals surface area contributed by atoms with Crippen LogP contribution in [0.2, 0.25) is 0 Å². The topological polar surface area (TPSA) is 35.0 Å². The standard InChI is InChI=1S/C14H8Br2N2O/c15-10-6-12(16)14(18-7-10)19-11-5-9-3-1-2-4-13(9)17-8-11/h1-8H. The highest BCUT2D eigenvalue weighted by molar-refractivity contribution is 9.11. The third-order valence-electron chi connectivity index (χ3n) is 2.55. The van der Waals surface area contributed by atoms with Crippen LogP contribution in [0.15, 0.2) is 57.7 Å². The Bertz CT molecular complexity index is 746. The molecule has 3 nitrogen and oxygen atoms in total. The summed E-state index contributed by atoms with van der Waals surface area (Å²) in [5, 5.41) is 1.04. The molecule has 0 saturated carbocycles. The van der Waals surface area contributed by atoms with Gasteiger partial charge in [0.15, 0.2) is 0 Å². The second-order valence-corrected chi connectivity index (χ2v) is 5.68. The Morgan fingerprint density at radius 2 is 1.79 bits per heavy atom. The third-order valence-corrected chi connectivity index (χ3v) is 3.56. The molecule has 0 aliphatic carbocycles. The molecule has 3 aromatic rings. The Labute approximate surface area is 126 Å². The van der Waals surface area contributed by atoms with Crippen molar-refractivity contribution in [1.82, 2.24) is 9.97 Å². The monoisotopic (exact) mass is 378 g/mol. The van der Waals surface area contributed by atoms with Gasteiger partial charge in [0.25, 0.3) is 0 Å². The van der Waals surface area contributed by atoms with E-state index in [-0.39, 0.29) is 0 Å². The van der Waals surface area contributed by atoms with Crippen LogP contribution in [0.1, 0.15) is 0 Å². The van der Waals surface area contributed by atoms with E-state index >= 15 is 0 Å². The molecule has 0 bridgehead atoms. The van der Waals surface area contributed by atoms with Crippen molar-refractivity contribution in [2.75, 3.05) is 0 Å². The van der Waals surface area contributed by atoms with E-state index in [4.69, 9.17) is 4.74 Å². The second-order valence-electron chi connectivity index (χ2n) is 3.91. The molecule has 0 fully saturated rings. The van der Waals surface area contributed by atoms with Crippen molar-refractivity contribution < 1.29 is 4.74 Å². The van der Waals surface area contributed by atoms with Gasteiger partial charge in [-0.2, -0.15) is 0 Å². The van der Waals surface area contributed by atoms with Gasteiger partial charge in [0, 0.05) is 16.1 Å². The molecular formula is C14H8Br2N2O. The Kier molecular flexibility index (Phi) is 3.48. The predicted molar refractivity (Wildman–Crippen MR) is 81.5 cm³/mol. The summed E-state index contributed by atoms with van der Waals surface area (Å²) >= 11 is 6.77. The van der Waals surface area contributed by atoms with Crippen LogP contribution in [0, 0.1) is 0 Å². The number of fused-ring (bicyclic) bond motifs is 1. The maximum absolute atomic E-state index is 5.73. The molecule has 19 heavy (non-hydrogen) atoms. The highest BCUT2D eigenvalue weighted by atomic mass is 79.9. The highest BCUT2D eigenvalue weighted by Crippen LogP contribution is 2.30. The summed E-state index contributed by atoms with van der Waals surface area (Å²) in [5.74, 6) is 1.18. The second kappa shape index (κ2) is 5.27. The van der Waals surface area contributed by atoms with Crippen molar-refractivity contribution in [3.05, 3.63) is 57.7 Å². The fourth-order valence-corrected chi connectivity index (χ4v) is 2.76. The minimum absolute atomic E-state index is 0.514. The fourth-order valence-electron chi connectivity index (χ4n) is 1.70. The molecule has 0 amide bonds. The molecule has 5 heteroatoms. The molecule has 0 unspecified atom stereocenters. The van der Waals surface area contributed by atoms with Gasteiger partial charge < -0.3 is 4.74 Å². The number of ether oxygens (including phenoxy) is 1. The zero-order valence-electron chi connectivity index (χ0n) is 9.68. The van der Waals surface area contributed by atoms with Gasteiger partial charge in [0.2, 0.25) is 5.88 Å². The molecule has 0 saturated heterocycles. The van der Waals surface area contributed by atoms with Gasteiger partial charge in [0.05, 0.1) is 16.2 Å². The molecule has 0 radical (unpaired) electrons. The first-order valence-corrected chi connectivity index (χ1v) is 7.15. The van der Waals surface area contributed by atoms with Crippen LogP contribution in [-0.4, -0.2) is 9.97 Å². The van der Waals surface area contributed by atoms with Gasteiger partial charge in [-0.3, -0.25) is 4.98 Å². The number of hydrogen-bond donors (Lipinski definition) is 0. The van der Waals surface area contributed by atoms with E-state index in [0.717, 1.165) is 19.8 Å². The van der Waals surface area contributed by atoms with E-state index in [1.807, 2.05) is 36.4 Å². The summed E-state index contributed by atoms with van der Waals surface area (Å²) in [4.78, 5) is 8.56. The molecule has 3 rings (SSSR count). The SMILES string of the molecule is Brc1cnc(Oc2cnc3ccccc3c2)c(Br)c1. The zero-order valence-corrected chi connectivity index (χ0v) is 12.8. The Hall–Kier alpha value is -1.46. The molecule has 0 N–H and O–H groups in total. The van der Waals surface area contributed by atoms with Crippen molar-refractivity contribution >= 4 is 42.8 Å².